The van der Waals surface area contributed by atoms with Crippen LogP contribution in [0, 0.1) is 40.4 Å². The Bertz CT molecular complexity index is 720. The van der Waals surface area contributed by atoms with Crippen molar-refractivity contribution in [3.05, 3.63) is 0 Å². The van der Waals surface area contributed by atoms with Gasteiger partial charge in [0.1, 0.15) is 11.9 Å². The highest BCUT2D eigenvalue weighted by atomic mass is 16.6. The van der Waals surface area contributed by atoms with Crippen LogP contribution in [0.15, 0.2) is 5.16 Å². The Balaban J connectivity index is 1.41. The number of carbonyl (C=O) groups is 1. The fourth-order valence-electron chi connectivity index (χ4n) is 8.21. The molecule has 4 saturated carbocycles. The normalized spacial score (nSPS) is 52.1. The molecule has 5 fully saturated rings. The SMILES string of the molecule is C[C@]12CC/C(=N/O[C@@H]3CCNC3)CC1[C@@H](CO)[C@@H](O)[C@@H]1[C@@H]2CC[C@]2(C)C(=O)CC[C@@H]12. The van der Waals surface area contributed by atoms with E-state index in [1.54, 1.807) is 0 Å². The van der Waals surface area contributed by atoms with Crippen molar-refractivity contribution in [3.8, 4) is 0 Å². The summed E-state index contributed by atoms with van der Waals surface area (Å²) in [6.07, 6.45) is 6.94. The first-order valence-corrected chi connectivity index (χ1v) is 12.1. The summed E-state index contributed by atoms with van der Waals surface area (Å²) in [4.78, 5) is 18.5. The molecule has 4 aliphatic carbocycles. The molecular weight excluding hydrogens is 380 g/mol. The Morgan fingerprint density at radius 2 is 1.97 bits per heavy atom. The minimum atomic E-state index is -0.534. The van der Waals surface area contributed by atoms with Crippen LogP contribution in [-0.2, 0) is 9.63 Å². The van der Waals surface area contributed by atoms with Crippen LogP contribution in [-0.4, -0.2) is 53.6 Å². The van der Waals surface area contributed by atoms with Gasteiger partial charge in [-0.05, 0) is 74.2 Å². The second kappa shape index (κ2) is 7.56. The van der Waals surface area contributed by atoms with Gasteiger partial charge in [0.05, 0.1) is 11.8 Å². The number of nitrogens with one attached hydrogen (secondary N) is 1. The molecule has 0 bridgehead atoms. The number of carbonyl (C=O) groups excluding carboxylic acids is 1. The smallest absolute Gasteiger partial charge is 0.141 e. The molecule has 168 valence electrons. The zero-order chi connectivity index (χ0) is 21.1. The van der Waals surface area contributed by atoms with Gasteiger partial charge in [-0.3, -0.25) is 4.79 Å². The third-order valence-electron chi connectivity index (χ3n) is 10.1. The van der Waals surface area contributed by atoms with E-state index in [0.717, 1.165) is 63.7 Å². The van der Waals surface area contributed by atoms with Crippen molar-refractivity contribution < 1.29 is 19.8 Å². The number of hydrogen-bond donors (Lipinski definition) is 3. The number of Topliss-reactive ketones (excluding diaryl/α,β-unsaturated/α-hetero) is 1. The van der Waals surface area contributed by atoms with Crippen LogP contribution in [0.1, 0.15) is 65.2 Å². The average Bonchev–Trinajstić information content (AvgIpc) is 3.36. The topological polar surface area (TPSA) is 91.2 Å². The highest BCUT2D eigenvalue weighted by Gasteiger charge is 2.64. The van der Waals surface area contributed by atoms with Crippen LogP contribution in [0.4, 0.5) is 0 Å². The summed E-state index contributed by atoms with van der Waals surface area (Å²) in [6, 6.07) is 0. The van der Waals surface area contributed by atoms with Crippen molar-refractivity contribution in [2.45, 2.75) is 77.4 Å². The molecule has 1 saturated heterocycles. The molecule has 0 spiro atoms. The zero-order valence-electron chi connectivity index (χ0n) is 18.5. The summed E-state index contributed by atoms with van der Waals surface area (Å²) < 4.78 is 0. The molecule has 1 aliphatic heterocycles. The molecule has 6 heteroatoms. The summed E-state index contributed by atoms with van der Waals surface area (Å²) >= 11 is 0. The summed E-state index contributed by atoms with van der Waals surface area (Å²) in [6.45, 7) is 6.38. The maximum absolute atomic E-state index is 12.7. The number of nitrogens with zero attached hydrogens (tertiary/aromatic N) is 1. The molecule has 5 rings (SSSR count). The molecule has 0 aromatic carbocycles. The third-order valence-corrected chi connectivity index (χ3v) is 10.1. The minimum Gasteiger partial charge on any atom is -0.396 e. The molecule has 1 unspecified atom stereocenters. The lowest BCUT2D eigenvalue weighted by atomic mass is 9.42. The quantitative estimate of drug-likeness (QED) is 0.613. The average molecular weight is 419 g/mol. The molecule has 6 nitrogen and oxygen atoms in total. The summed E-state index contributed by atoms with van der Waals surface area (Å²) in [7, 11) is 0. The van der Waals surface area contributed by atoms with Crippen LogP contribution < -0.4 is 5.32 Å². The van der Waals surface area contributed by atoms with E-state index in [4.69, 9.17) is 4.84 Å². The van der Waals surface area contributed by atoms with Crippen molar-refractivity contribution in [1.82, 2.24) is 5.32 Å². The largest absolute Gasteiger partial charge is 0.396 e. The Morgan fingerprint density at radius 3 is 2.70 bits per heavy atom. The van der Waals surface area contributed by atoms with E-state index in [-0.39, 0.29) is 47.2 Å². The number of oxime groups is 1. The number of aliphatic hydroxyl groups excluding tert-OH is 2. The van der Waals surface area contributed by atoms with Crippen LogP contribution in [0.5, 0.6) is 0 Å². The van der Waals surface area contributed by atoms with E-state index in [2.05, 4.69) is 24.3 Å². The van der Waals surface area contributed by atoms with E-state index in [9.17, 15) is 15.0 Å². The van der Waals surface area contributed by atoms with Crippen molar-refractivity contribution in [1.29, 1.82) is 0 Å². The monoisotopic (exact) mass is 418 g/mol. The van der Waals surface area contributed by atoms with Gasteiger partial charge in [0.15, 0.2) is 0 Å². The molecule has 0 aromatic heterocycles. The summed E-state index contributed by atoms with van der Waals surface area (Å²) in [5.41, 5.74) is 0.902. The van der Waals surface area contributed by atoms with Crippen molar-refractivity contribution in [2.75, 3.05) is 19.7 Å². The fraction of sp³-hybridized carbons (Fsp3) is 0.917. The van der Waals surface area contributed by atoms with Crippen LogP contribution >= 0.6 is 0 Å². The Kier molecular flexibility index (Phi) is 5.27. The van der Waals surface area contributed by atoms with E-state index in [0.29, 0.717) is 18.1 Å². The Morgan fingerprint density at radius 1 is 1.13 bits per heavy atom. The second-order valence-corrected chi connectivity index (χ2v) is 11.2. The lowest BCUT2D eigenvalue weighted by Crippen LogP contribution is -2.62. The van der Waals surface area contributed by atoms with Gasteiger partial charge in [0.25, 0.3) is 0 Å². The highest BCUT2D eigenvalue weighted by Crippen LogP contribution is 2.66. The third kappa shape index (κ3) is 3.01. The van der Waals surface area contributed by atoms with Gasteiger partial charge >= 0.3 is 0 Å². The molecule has 3 N–H and O–H groups in total. The van der Waals surface area contributed by atoms with Gasteiger partial charge < -0.3 is 20.4 Å². The maximum Gasteiger partial charge on any atom is 0.141 e. The second-order valence-electron chi connectivity index (χ2n) is 11.2. The maximum atomic E-state index is 12.7. The van der Waals surface area contributed by atoms with E-state index in [1.165, 1.54) is 0 Å². The highest BCUT2D eigenvalue weighted by molar-refractivity contribution is 5.87. The van der Waals surface area contributed by atoms with E-state index < -0.39 is 6.10 Å². The van der Waals surface area contributed by atoms with Gasteiger partial charge in [-0.2, -0.15) is 0 Å². The van der Waals surface area contributed by atoms with Gasteiger partial charge in [-0.15, -0.1) is 0 Å². The number of fused-ring (bicyclic) bond motifs is 5. The van der Waals surface area contributed by atoms with E-state index in [1.807, 2.05) is 0 Å². The number of rotatable bonds is 3. The van der Waals surface area contributed by atoms with Crippen molar-refractivity contribution in [3.63, 3.8) is 0 Å². The Labute approximate surface area is 179 Å². The van der Waals surface area contributed by atoms with Crippen molar-refractivity contribution in [2.24, 2.45) is 45.6 Å². The van der Waals surface area contributed by atoms with Crippen LogP contribution in [0.2, 0.25) is 0 Å². The predicted molar refractivity (Wildman–Crippen MR) is 114 cm³/mol. The van der Waals surface area contributed by atoms with Gasteiger partial charge in [0.2, 0.25) is 0 Å². The number of ketones is 1. The number of hydrogen-bond acceptors (Lipinski definition) is 6. The van der Waals surface area contributed by atoms with E-state index >= 15 is 0 Å². The summed E-state index contributed by atoms with van der Waals surface area (Å²) in [5, 5.41) is 29.7. The molecule has 0 aromatic rings. The Hall–Kier alpha value is -0.980. The standard InChI is InChI=1S/C24H38N2O4/c1-23-8-5-14(26-30-15-7-10-25-12-15)11-19(23)16(13-27)22(29)21-17-3-4-20(28)24(17,2)9-6-18(21)23/h15-19,21-22,25,27,29H,3-13H2,1-2H3/b26-14-/t15-,16-,17+,18+,19?,21+,22-,23-,24+/m1/s1. The summed E-state index contributed by atoms with van der Waals surface area (Å²) in [5.74, 6) is 1.28. The zero-order valence-corrected chi connectivity index (χ0v) is 18.5. The molecule has 1 heterocycles. The first-order chi connectivity index (χ1) is 14.4. The number of aliphatic hydroxyl groups is 2. The molecule has 5 aliphatic rings. The van der Waals surface area contributed by atoms with Gasteiger partial charge in [-0.1, -0.05) is 19.0 Å². The fourth-order valence-corrected chi connectivity index (χ4v) is 8.21. The molecule has 30 heavy (non-hydrogen) atoms. The first-order valence-electron chi connectivity index (χ1n) is 12.1. The van der Waals surface area contributed by atoms with Crippen LogP contribution in [0.3, 0.4) is 0 Å². The molecule has 0 radical (unpaired) electrons. The molecular formula is C24H38N2O4. The molecule has 0 amide bonds. The lowest BCUT2D eigenvalue weighted by Gasteiger charge is -2.63. The molecule has 9 atom stereocenters. The lowest BCUT2D eigenvalue weighted by molar-refractivity contribution is -0.188. The van der Waals surface area contributed by atoms with Crippen LogP contribution in [0.25, 0.3) is 0 Å². The van der Waals surface area contributed by atoms with Crippen molar-refractivity contribution >= 4 is 11.5 Å². The predicted octanol–water partition coefficient (Wildman–Crippen LogP) is 2.52. The minimum absolute atomic E-state index is 0.00268. The van der Waals surface area contributed by atoms with Gasteiger partial charge in [-0.25, -0.2) is 0 Å². The van der Waals surface area contributed by atoms with Gasteiger partial charge in [0, 0.05) is 37.3 Å². The first kappa shape index (κ1) is 20.9.